The third-order valence-electron chi connectivity index (χ3n) is 2.49. The van der Waals surface area contributed by atoms with Crippen LogP contribution >= 0.6 is 0 Å². The molecule has 1 amide bonds. The molecule has 1 rings (SSSR count). The van der Waals surface area contributed by atoms with Crippen molar-refractivity contribution in [2.75, 3.05) is 23.9 Å². The first-order valence-corrected chi connectivity index (χ1v) is 7.75. The highest BCUT2D eigenvalue weighted by atomic mass is 32.2. The number of nitriles is 1. The number of rotatable bonds is 6. The minimum Gasteiger partial charge on any atom is -0.469 e. The maximum Gasteiger partial charge on any atom is 0.306 e. The third-order valence-corrected chi connectivity index (χ3v) is 4.02. The van der Waals surface area contributed by atoms with Crippen molar-refractivity contribution in [1.82, 2.24) is 0 Å². The quantitative estimate of drug-likeness (QED) is 0.764. The number of ether oxygens (including phenoxy) is 1. The fourth-order valence-corrected chi connectivity index (χ4v) is 2.53. The number of carbonyl (C=O) groups is 2. The van der Waals surface area contributed by atoms with Gasteiger partial charge in [-0.3, -0.25) is 9.59 Å². The number of anilines is 1. The zero-order chi connectivity index (χ0) is 15.9. The second-order valence-corrected chi connectivity index (χ2v) is 6.34. The fourth-order valence-electron chi connectivity index (χ4n) is 1.44. The number of sulfone groups is 1. The molecule has 1 aromatic rings. The van der Waals surface area contributed by atoms with Crippen LogP contribution in [0.25, 0.3) is 0 Å². The molecule has 1 aromatic carbocycles. The van der Waals surface area contributed by atoms with Gasteiger partial charge in [0.25, 0.3) is 0 Å². The van der Waals surface area contributed by atoms with E-state index in [1.54, 1.807) is 0 Å². The molecule has 0 atom stereocenters. The lowest BCUT2D eigenvalue weighted by Gasteiger charge is -2.06. The van der Waals surface area contributed by atoms with Crippen molar-refractivity contribution in [3.05, 3.63) is 29.8 Å². The van der Waals surface area contributed by atoms with Crippen LogP contribution in [0.1, 0.15) is 12.0 Å². The lowest BCUT2D eigenvalue weighted by Crippen LogP contribution is -2.25. The van der Waals surface area contributed by atoms with Crippen LogP contribution in [0.4, 0.5) is 5.69 Å². The molecule has 112 valence electrons. The van der Waals surface area contributed by atoms with E-state index in [4.69, 9.17) is 5.26 Å². The number of methoxy groups -OCH3 is 1. The monoisotopic (exact) mass is 310 g/mol. The molecule has 1 N–H and O–H groups in total. The molecule has 0 spiro atoms. The summed E-state index contributed by atoms with van der Waals surface area (Å²) in [5.74, 6) is -2.51. The fraction of sp³-hybridized carbons (Fsp3) is 0.308. The van der Waals surface area contributed by atoms with Crippen molar-refractivity contribution in [3.8, 4) is 6.07 Å². The van der Waals surface area contributed by atoms with E-state index in [1.165, 1.54) is 24.3 Å². The van der Waals surface area contributed by atoms with Crippen LogP contribution in [0.3, 0.4) is 0 Å². The van der Waals surface area contributed by atoms with Gasteiger partial charge in [-0.05, 0) is 24.3 Å². The Morgan fingerprint density at radius 3 is 2.43 bits per heavy atom. The van der Waals surface area contributed by atoms with Gasteiger partial charge in [0.15, 0.2) is 9.84 Å². The topological polar surface area (TPSA) is 113 Å². The Morgan fingerprint density at radius 1 is 1.29 bits per heavy atom. The number of nitrogens with one attached hydrogen (secondary N) is 1. The maximum absolute atomic E-state index is 11.6. The molecule has 0 fully saturated rings. The van der Waals surface area contributed by atoms with Crippen molar-refractivity contribution in [1.29, 1.82) is 5.26 Å². The minimum absolute atomic E-state index is 0.289. The van der Waals surface area contributed by atoms with Gasteiger partial charge in [-0.1, -0.05) is 0 Å². The Balaban J connectivity index is 2.56. The maximum atomic E-state index is 11.6. The van der Waals surface area contributed by atoms with E-state index in [0.29, 0.717) is 11.3 Å². The summed E-state index contributed by atoms with van der Waals surface area (Å²) >= 11 is 0. The molecular formula is C13H14N2O5S. The second kappa shape index (κ2) is 7.40. The van der Waals surface area contributed by atoms with Crippen molar-refractivity contribution in [3.63, 3.8) is 0 Å². The Morgan fingerprint density at radius 2 is 1.90 bits per heavy atom. The first-order chi connectivity index (χ1) is 9.86. The van der Waals surface area contributed by atoms with Gasteiger partial charge in [-0.2, -0.15) is 5.26 Å². The second-order valence-electron chi connectivity index (χ2n) is 4.16. The van der Waals surface area contributed by atoms with Gasteiger partial charge < -0.3 is 10.1 Å². The Kier molecular flexibility index (Phi) is 5.87. The van der Waals surface area contributed by atoms with E-state index in [9.17, 15) is 18.0 Å². The lowest BCUT2D eigenvalue weighted by molar-refractivity contribution is -0.140. The highest BCUT2D eigenvalue weighted by Gasteiger charge is 2.18. The number of amides is 1. The van der Waals surface area contributed by atoms with Crippen LogP contribution in [0.5, 0.6) is 0 Å². The predicted molar refractivity (Wildman–Crippen MR) is 75.1 cm³/mol. The largest absolute Gasteiger partial charge is 0.469 e. The van der Waals surface area contributed by atoms with Gasteiger partial charge in [0.2, 0.25) is 5.91 Å². The van der Waals surface area contributed by atoms with Gasteiger partial charge >= 0.3 is 5.97 Å². The van der Waals surface area contributed by atoms with Crippen molar-refractivity contribution in [2.45, 2.75) is 6.42 Å². The predicted octanol–water partition coefficient (Wildman–Crippen LogP) is 0.475. The number of carbonyl (C=O) groups excluding carboxylic acids is 2. The minimum atomic E-state index is -3.68. The van der Waals surface area contributed by atoms with E-state index in [2.05, 4.69) is 10.1 Å². The van der Waals surface area contributed by atoms with Gasteiger partial charge in [-0.25, -0.2) is 8.42 Å². The first kappa shape index (κ1) is 16.7. The summed E-state index contributed by atoms with van der Waals surface area (Å²) in [4.78, 5) is 22.5. The molecule has 0 aromatic heterocycles. The average Bonchev–Trinajstić information content (AvgIpc) is 2.45. The highest BCUT2D eigenvalue weighted by Crippen LogP contribution is 2.09. The lowest BCUT2D eigenvalue weighted by atomic mass is 10.2. The summed E-state index contributed by atoms with van der Waals surface area (Å²) in [5, 5.41) is 11.0. The molecule has 0 saturated carbocycles. The molecule has 8 heteroatoms. The van der Waals surface area contributed by atoms with Crippen LogP contribution in [0.15, 0.2) is 24.3 Å². The Labute approximate surface area is 122 Å². The summed E-state index contributed by atoms with van der Waals surface area (Å²) in [6.07, 6.45) is -0.289. The summed E-state index contributed by atoms with van der Waals surface area (Å²) in [6, 6.07) is 7.92. The SMILES string of the molecule is COC(=O)CCS(=O)(=O)CC(=O)Nc1ccc(C#N)cc1. The van der Waals surface area contributed by atoms with E-state index < -0.39 is 33.2 Å². The Hall–Kier alpha value is -2.40. The van der Waals surface area contributed by atoms with E-state index >= 15 is 0 Å². The number of benzene rings is 1. The van der Waals surface area contributed by atoms with Crippen LogP contribution in [-0.2, 0) is 24.2 Å². The molecule has 0 aliphatic heterocycles. The standard InChI is InChI=1S/C13H14N2O5S/c1-20-13(17)6-7-21(18,19)9-12(16)15-11-4-2-10(8-14)3-5-11/h2-5H,6-7,9H2,1H3,(H,15,16). The number of esters is 1. The molecule has 0 aliphatic carbocycles. The van der Waals surface area contributed by atoms with Crippen LogP contribution in [0, 0.1) is 11.3 Å². The summed E-state index contributed by atoms with van der Waals surface area (Å²) in [7, 11) is -2.52. The van der Waals surface area contributed by atoms with Gasteiger partial charge in [-0.15, -0.1) is 0 Å². The molecule has 21 heavy (non-hydrogen) atoms. The third kappa shape index (κ3) is 6.05. The molecule has 0 aliphatic rings. The zero-order valence-corrected chi connectivity index (χ0v) is 12.1. The smallest absolute Gasteiger partial charge is 0.306 e. The average molecular weight is 310 g/mol. The number of nitrogens with zero attached hydrogens (tertiary/aromatic N) is 1. The first-order valence-electron chi connectivity index (χ1n) is 5.93. The molecule has 0 bridgehead atoms. The molecular weight excluding hydrogens is 296 g/mol. The molecule has 0 unspecified atom stereocenters. The van der Waals surface area contributed by atoms with E-state index in [0.717, 1.165) is 7.11 Å². The van der Waals surface area contributed by atoms with Gasteiger partial charge in [0.1, 0.15) is 5.75 Å². The highest BCUT2D eigenvalue weighted by molar-refractivity contribution is 7.92. The Bertz CT molecular complexity index is 659. The van der Waals surface area contributed by atoms with Crippen LogP contribution in [-0.4, -0.2) is 38.9 Å². The van der Waals surface area contributed by atoms with Crippen LogP contribution < -0.4 is 5.32 Å². The van der Waals surface area contributed by atoms with Crippen molar-refractivity contribution < 1.29 is 22.7 Å². The summed E-state index contributed by atoms with van der Waals surface area (Å²) in [5.41, 5.74) is 0.820. The zero-order valence-electron chi connectivity index (χ0n) is 11.3. The van der Waals surface area contributed by atoms with Gasteiger partial charge in [0, 0.05) is 5.69 Å². The van der Waals surface area contributed by atoms with Crippen LogP contribution in [0.2, 0.25) is 0 Å². The van der Waals surface area contributed by atoms with Gasteiger partial charge in [0.05, 0.1) is 30.9 Å². The van der Waals surface area contributed by atoms with Crippen molar-refractivity contribution in [2.24, 2.45) is 0 Å². The van der Waals surface area contributed by atoms with E-state index in [1.807, 2.05) is 6.07 Å². The molecule has 7 nitrogen and oxygen atoms in total. The molecule has 0 radical (unpaired) electrons. The molecule has 0 heterocycles. The van der Waals surface area contributed by atoms with Crippen molar-refractivity contribution >= 4 is 27.4 Å². The molecule has 0 saturated heterocycles. The summed E-state index contributed by atoms with van der Waals surface area (Å²) in [6.45, 7) is 0. The number of hydrogen-bond donors (Lipinski definition) is 1. The summed E-state index contributed by atoms with van der Waals surface area (Å²) < 4.78 is 27.6. The number of hydrogen-bond acceptors (Lipinski definition) is 6. The van der Waals surface area contributed by atoms with E-state index in [-0.39, 0.29) is 6.42 Å². The normalized spacial score (nSPS) is 10.5.